The van der Waals surface area contributed by atoms with Crippen molar-refractivity contribution in [3.8, 4) is 5.75 Å². The molecule has 0 bridgehead atoms. The van der Waals surface area contributed by atoms with E-state index in [2.05, 4.69) is 10.3 Å². The highest BCUT2D eigenvalue weighted by Crippen LogP contribution is 2.32. The van der Waals surface area contributed by atoms with Crippen molar-refractivity contribution in [1.82, 2.24) is 4.98 Å². The maximum absolute atomic E-state index is 12.2. The summed E-state index contributed by atoms with van der Waals surface area (Å²) in [5.41, 5.74) is -0.985. The maximum Gasteiger partial charge on any atom is 0.433 e. The second-order valence-corrected chi connectivity index (χ2v) is 2.61. The molecule has 1 rings (SSSR count). The first kappa shape index (κ1) is 10.6. The van der Waals surface area contributed by atoms with Gasteiger partial charge in [-0.15, -0.1) is 0 Å². The standard InChI is InChI=1S/C8H9F3N2O/c1-2-12-5-3-7(8(9,10)11)13-4-6(5)14/h3-4,14H,2H2,1H3,(H,12,13). The summed E-state index contributed by atoms with van der Waals surface area (Å²) in [5.74, 6) is -0.292. The lowest BCUT2D eigenvalue weighted by Gasteiger charge is -2.09. The van der Waals surface area contributed by atoms with Gasteiger partial charge in [-0.2, -0.15) is 13.2 Å². The quantitative estimate of drug-likeness (QED) is 0.779. The van der Waals surface area contributed by atoms with Crippen LogP contribution < -0.4 is 5.32 Å². The molecule has 0 aliphatic carbocycles. The SMILES string of the molecule is CCNc1cc(C(F)(F)F)ncc1O. The summed E-state index contributed by atoms with van der Waals surface area (Å²) in [6, 6.07) is 0.777. The van der Waals surface area contributed by atoms with Crippen molar-refractivity contribution >= 4 is 5.69 Å². The van der Waals surface area contributed by atoms with Crippen molar-refractivity contribution in [3.63, 3.8) is 0 Å². The van der Waals surface area contributed by atoms with Gasteiger partial charge in [0.15, 0.2) is 5.75 Å². The lowest BCUT2D eigenvalue weighted by molar-refractivity contribution is -0.141. The molecule has 0 saturated carbocycles. The van der Waals surface area contributed by atoms with Crippen LogP contribution in [0, 0.1) is 0 Å². The van der Waals surface area contributed by atoms with Gasteiger partial charge >= 0.3 is 6.18 Å². The Morgan fingerprint density at radius 1 is 1.50 bits per heavy atom. The van der Waals surface area contributed by atoms with Gasteiger partial charge in [-0.05, 0) is 13.0 Å². The van der Waals surface area contributed by atoms with Crippen molar-refractivity contribution < 1.29 is 18.3 Å². The topological polar surface area (TPSA) is 45.2 Å². The molecule has 6 heteroatoms. The summed E-state index contributed by atoms with van der Waals surface area (Å²) in [5, 5.41) is 11.7. The first-order valence-corrected chi connectivity index (χ1v) is 3.95. The van der Waals surface area contributed by atoms with Crippen LogP contribution in [0.2, 0.25) is 0 Å². The molecule has 1 aromatic heterocycles. The Balaban J connectivity index is 3.06. The molecule has 0 amide bonds. The van der Waals surface area contributed by atoms with E-state index < -0.39 is 11.9 Å². The first-order valence-electron chi connectivity index (χ1n) is 3.95. The number of nitrogens with one attached hydrogen (secondary N) is 1. The molecule has 0 saturated heterocycles. The maximum atomic E-state index is 12.2. The average Bonchev–Trinajstić information content (AvgIpc) is 2.07. The number of halogens is 3. The average molecular weight is 206 g/mol. The number of hydrogen-bond acceptors (Lipinski definition) is 3. The summed E-state index contributed by atoms with van der Waals surface area (Å²) < 4.78 is 36.5. The molecule has 2 N–H and O–H groups in total. The summed E-state index contributed by atoms with van der Waals surface area (Å²) in [4.78, 5) is 3.08. The lowest BCUT2D eigenvalue weighted by Crippen LogP contribution is -2.09. The molecule has 0 aliphatic heterocycles. The van der Waals surface area contributed by atoms with Gasteiger partial charge in [0.05, 0.1) is 11.9 Å². The number of pyridine rings is 1. The van der Waals surface area contributed by atoms with E-state index in [1.165, 1.54) is 0 Å². The van der Waals surface area contributed by atoms with E-state index in [-0.39, 0.29) is 11.4 Å². The summed E-state index contributed by atoms with van der Waals surface area (Å²) in [6.45, 7) is 2.14. The number of rotatable bonds is 2. The monoisotopic (exact) mass is 206 g/mol. The van der Waals surface area contributed by atoms with Gasteiger partial charge in [-0.1, -0.05) is 0 Å². The third-order valence-electron chi connectivity index (χ3n) is 1.54. The molecule has 3 nitrogen and oxygen atoms in total. The van der Waals surface area contributed by atoms with Crippen molar-refractivity contribution in [2.45, 2.75) is 13.1 Å². The van der Waals surface area contributed by atoms with Crippen LogP contribution >= 0.6 is 0 Å². The molecule has 1 aromatic rings. The second-order valence-electron chi connectivity index (χ2n) is 2.61. The van der Waals surface area contributed by atoms with E-state index in [0.29, 0.717) is 6.54 Å². The molecule has 78 valence electrons. The van der Waals surface area contributed by atoms with Crippen LogP contribution in [0.5, 0.6) is 5.75 Å². The molecule has 0 fully saturated rings. The zero-order valence-corrected chi connectivity index (χ0v) is 7.39. The number of anilines is 1. The third kappa shape index (κ3) is 2.27. The summed E-state index contributed by atoms with van der Waals surface area (Å²) in [7, 11) is 0. The Morgan fingerprint density at radius 2 is 2.14 bits per heavy atom. The van der Waals surface area contributed by atoms with E-state index in [4.69, 9.17) is 5.11 Å². The van der Waals surface area contributed by atoms with E-state index in [9.17, 15) is 13.2 Å². The minimum atomic E-state index is -4.49. The predicted octanol–water partition coefficient (Wildman–Crippen LogP) is 2.24. The van der Waals surface area contributed by atoms with E-state index >= 15 is 0 Å². The highest BCUT2D eigenvalue weighted by molar-refractivity contribution is 5.55. The van der Waals surface area contributed by atoms with E-state index in [1.54, 1.807) is 6.92 Å². The molecular formula is C8H9F3N2O. The Hall–Kier alpha value is -1.46. The largest absolute Gasteiger partial charge is 0.504 e. The lowest BCUT2D eigenvalue weighted by atomic mass is 10.3. The minimum Gasteiger partial charge on any atom is -0.504 e. The first-order chi connectivity index (χ1) is 6.45. The van der Waals surface area contributed by atoms with Crippen LogP contribution in [0.4, 0.5) is 18.9 Å². The highest BCUT2D eigenvalue weighted by Gasteiger charge is 2.33. The van der Waals surface area contributed by atoms with Crippen LogP contribution in [-0.2, 0) is 6.18 Å². The van der Waals surface area contributed by atoms with Crippen molar-refractivity contribution in [3.05, 3.63) is 18.0 Å². The molecule has 0 spiro atoms. The Bertz CT molecular complexity index is 325. The van der Waals surface area contributed by atoms with Crippen molar-refractivity contribution in [2.24, 2.45) is 0 Å². The van der Waals surface area contributed by atoms with Gasteiger partial charge in [0.2, 0.25) is 0 Å². The minimum absolute atomic E-state index is 0.0369. The van der Waals surface area contributed by atoms with Crippen LogP contribution in [-0.4, -0.2) is 16.6 Å². The van der Waals surface area contributed by atoms with Gasteiger partial charge < -0.3 is 10.4 Å². The molecule has 1 heterocycles. The Labute approximate surface area is 78.6 Å². The molecule has 0 aromatic carbocycles. The highest BCUT2D eigenvalue weighted by atomic mass is 19.4. The molecular weight excluding hydrogens is 197 g/mol. The van der Waals surface area contributed by atoms with Crippen LogP contribution in [0.3, 0.4) is 0 Å². The smallest absolute Gasteiger partial charge is 0.433 e. The number of nitrogens with zero attached hydrogens (tertiary/aromatic N) is 1. The van der Waals surface area contributed by atoms with Crippen LogP contribution in [0.1, 0.15) is 12.6 Å². The zero-order valence-electron chi connectivity index (χ0n) is 7.39. The fraction of sp³-hybridized carbons (Fsp3) is 0.375. The normalized spacial score (nSPS) is 11.4. The predicted molar refractivity (Wildman–Crippen MR) is 45.1 cm³/mol. The number of hydrogen-bond donors (Lipinski definition) is 2. The van der Waals surface area contributed by atoms with Crippen molar-refractivity contribution in [2.75, 3.05) is 11.9 Å². The fourth-order valence-electron chi connectivity index (χ4n) is 0.935. The Morgan fingerprint density at radius 3 is 2.64 bits per heavy atom. The second kappa shape index (κ2) is 3.73. The zero-order chi connectivity index (χ0) is 10.8. The Kier molecular flexibility index (Phi) is 2.83. The van der Waals surface area contributed by atoms with Crippen LogP contribution in [0.15, 0.2) is 12.3 Å². The molecule has 14 heavy (non-hydrogen) atoms. The van der Waals surface area contributed by atoms with E-state index in [1.807, 2.05) is 0 Å². The van der Waals surface area contributed by atoms with Gasteiger partial charge in [-0.25, -0.2) is 4.98 Å². The van der Waals surface area contributed by atoms with Crippen LogP contribution in [0.25, 0.3) is 0 Å². The van der Waals surface area contributed by atoms with Gasteiger partial charge in [0.1, 0.15) is 5.69 Å². The number of alkyl halides is 3. The van der Waals surface area contributed by atoms with Gasteiger partial charge in [0.25, 0.3) is 0 Å². The third-order valence-corrected chi connectivity index (χ3v) is 1.54. The molecule has 0 atom stereocenters. The molecule has 0 unspecified atom stereocenters. The molecule has 0 radical (unpaired) electrons. The summed E-state index contributed by atoms with van der Waals surface area (Å²) in [6.07, 6.45) is -3.71. The van der Waals surface area contributed by atoms with Crippen molar-refractivity contribution in [1.29, 1.82) is 0 Å². The fourth-order valence-corrected chi connectivity index (χ4v) is 0.935. The van der Waals surface area contributed by atoms with Gasteiger partial charge in [-0.3, -0.25) is 0 Å². The molecule has 0 aliphatic rings. The summed E-state index contributed by atoms with van der Waals surface area (Å²) >= 11 is 0. The number of aromatic hydroxyl groups is 1. The van der Waals surface area contributed by atoms with Gasteiger partial charge in [0, 0.05) is 6.54 Å². The number of aromatic nitrogens is 1. The van der Waals surface area contributed by atoms with E-state index in [0.717, 1.165) is 12.3 Å².